The van der Waals surface area contributed by atoms with E-state index < -0.39 is 5.60 Å². The summed E-state index contributed by atoms with van der Waals surface area (Å²) in [5.74, 6) is 0.685. The molecule has 0 saturated heterocycles. The number of aliphatic hydroxyl groups is 1. The van der Waals surface area contributed by atoms with Crippen LogP contribution < -0.4 is 0 Å². The molecule has 2 unspecified atom stereocenters. The van der Waals surface area contributed by atoms with Crippen LogP contribution >= 0.6 is 0 Å². The second-order valence-corrected chi connectivity index (χ2v) is 7.57. The van der Waals surface area contributed by atoms with Crippen molar-refractivity contribution < 1.29 is 14.6 Å². The molecule has 0 fully saturated rings. The lowest BCUT2D eigenvalue weighted by Gasteiger charge is -2.27. The van der Waals surface area contributed by atoms with Crippen molar-refractivity contribution in [1.82, 2.24) is 0 Å². The molecule has 1 aliphatic rings. The molecule has 0 spiro atoms. The van der Waals surface area contributed by atoms with Crippen LogP contribution in [-0.2, 0) is 9.53 Å². The third-order valence-electron chi connectivity index (χ3n) is 4.85. The number of esters is 1. The fourth-order valence-corrected chi connectivity index (χ4v) is 2.97. The van der Waals surface area contributed by atoms with E-state index in [1.165, 1.54) is 5.57 Å². The third-order valence-corrected chi connectivity index (χ3v) is 4.85. The van der Waals surface area contributed by atoms with E-state index in [-0.39, 0.29) is 5.97 Å². The molecular formula is C20H34O3. The first-order chi connectivity index (χ1) is 10.7. The number of ether oxygens (including phenoxy) is 1. The number of rotatable bonds is 8. The normalized spacial score (nSPS) is 20.1. The zero-order valence-corrected chi connectivity index (χ0v) is 15.5. The van der Waals surface area contributed by atoms with E-state index in [1.807, 2.05) is 20.8 Å². The third kappa shape index (κ3) is 7.83. The molecule has 1 aliphatic carbocycles. The van der Waals surface area contributed by atoms with Crippen molar-refractivity contribution >= 4 is 5.97 Å². The van der Waals surface area contributed by atoms with Crippen molar-refractivity contribution in [2.24, 2.45) is 11.8 Å². The maximum absolute atomic E-state index is 11.6. The molecule has 0 heterocycles. The average molecular weight is 322 g/mol. The molecule has 0 saturated carbocycles. The van der Waals surface area contributed by atoms with Crippen molar-refractivity contribution in [1.29, 1.82) is 0 Å². The molecule has 3 nitrogen and oxygen atoms in total. The van der Waals surface area contributed by atoms with E-state index in [4.69, 9.17) is 4.74 Å². The fraction of sp³-hybridized carbons (Fsp3) is 0.750. The Morgan fingerprint density at radius 2 is 2.04 bits per heavy atom. The SMILES string of the molecule is CCOC(=O)C=C1C=C(CC(C)CCC(C)C(C)(C)O)CCC1. The van der Waals surface area contributed by atoms with Crippen LogP contribution in [-0.4, -0.2) is 23.3 Å². The van der Waals surface area contributed by atoms with Crippen molar-refractivity contribution in [3.63, 3.8) is 0 Å². The summed E-state index contributed by atoms with van der Waals surface area (Å²) in [5, 5.41) is 10.0. The Kier molecular flexibility index (Phi) is 8.04. The summed E-state index contributed by atoms with van der Waals surface area (Å²) in [6.45, 7) is 10.4. The molecule has 0 aromatic rings. The monoisotopic (exact) mass is 322 g/mol. The number of carbonyl (C=O) groups excluding carboxylic acids is 1. The summed E-state index contributed by atoms with van der Waals surface area (Å²) in [6.07, 6.45) is 10.3. The van der Waals surface area contributed by atoms with Gasteiger partial charge >= 0.3 is 5.97 Å². The predicted molar refractivity (Wildman–Crippen MR) is 95.1 cm³/mol. The summed E-state index contributed by atoms with van der Waals surface area (Å²) in [5.41, 5.74) is 1.94. The molecule has 1 rings (SSSR count). The Labute approximate surface area is 141 Å². The lowest BCUT2D eigenvalue weighted by atomic mass is 9.83. The first-order valence-electron chi connectivity index (χ1n) is 9.01. The summed E-state index contributed by atoms with van der Waals surface area (Å²) < 4.78 is 4.99. The molecule has 0 bridgehead atoms. The van der Waals surface area contributed by atoms with E-state index in [0.29, 0.717) is 18.4 Å². The van der Waals surface area contributed by atoms with Gasteiger partial charge in [0.05, 0.1) is 12.2 Å². The summed E-state index contributed by atoms with van der Waals surface area (Å²) >= 11 is 0. The van der Waals surface area contributed by atoms with Crippen LogP contribution in [0.15, 0.2) is 23.3 Å². The van der Waals surface area contributed by atoms with E-state index in [0.717, 1.165) is 44.1 Å². The molecule has 1 N–H and O–H groups in total. The minimum absolute atomic E-state index is 0.230. The molecule has 23 heavy (non-hydrogen) atoms. The standard InChI is InChI=1S/C20H34O3/c1-6-23-19(21)14-18-9-7-8-17(13-18)12-15(2)10-11-16(3)20(4,5)22/h13-16,22H,6-12H2,1-5H3. The highest BCUT2D eigenvalue weighted by Gasteiger charge is 2.22. The minimum atomic E-state index is -0.598. The highest BCUT2D eigenvalue weighted by atomic mass is 16.5. The Bertz CT molecular complexity index is 440. The Balaban J connectivity index is 2.52. The number of carbonyl (C=O) groups is 1. The van der Waals surface area contributed by atoms with Crippen LogP contribution in [0.5, 0.6) is 0 Å². The van der Waals surface area contributed by atoms with Gasteiger partial charge in [0.15, 0.2) is 0 Å². The molecule has 0 amide bonds. The zero-order chi connectivity index (χ0) is 17.5. The van der Waals surface area contributed by atoms with Gasteiger partial charge in [-0.25, -0.2) is 4.79 Å². The predicted octanol–water partition coefficient (Wildman–Crippen LogP) is 4.80. The first kappa shape index (κ1) is 20.0. The first-order valence-corrected chi connectivity index (χ1v) is 9.01. The van der Waals surface area contributed by atoms with Crippen LogP contribution in [0, 0.1) is 11.8 Å². The van der Waals surface area contributed by atoms with E-state index in [9.17, 15) is 9.90 Å². The van der Waals surface area contributed by atoms with Crippen LogP contribution in [0.2, 0.25) is 0 Å². The quantitative estimate of drug-likeness (QED) is 0.516. The Morgan fingerprint density at radius 3 is 2.65 bits per heavy atom. The van der Waals surface area contributed by atoms with Gasteiger partial charge in [0.2, 0.25) is 0 Å². The number of hydrogen-bond acceptors (Lipinski definition) is 3. The van der Waals surface area contributed by atoms with Gasteiger partial charge in [-0.05, 0) is 70.3 Å². The van der Waals surface area contributed by atoms with Crippen LogP contribution in [0.25, 0.3) is 0 Å². The largest absolute Gasteiger partial charge is 0.463 e. The highest BCUT2D eigenvalue weighted by Crippen LogP contribution is 2.30. The molecule has 0 aromatic heterocycles. The summed E-state index contributed by atoms with van der Waals surface area (Å²) in [4.78, 5) is 11.6. The second kappa shape index (κ2) is 9.27. The molecule has 0 aromatic carbocycles. The fourth-order valence-electron chi connectivity index (χ4n) is 2.97. The van der Waals surface area contributed by atoms with Crippen molar-refractivity contribution in [2.75, 3.05) is 6.61 Å². The second-order valence-electron chi connectivity index (χ2n) is 7.57. The van der Waals surface area contributed by atoms with Gasteiger partial charge < -0.3 is 9.84 Å². The molecule has 132 valence electrons. The van der Waals surface area contributed by atoms with E-state index >= 15 is 0 Å². The molecule has 3 heteroatoms. The molecule has 0 aliphatic heterocycles. The van der Waals surface area contributed by atoms with E-state index in [2.05, 4.69) is 19.9 Å². The van der Waals surface area contributed by atoms with E-state index in [1.54, 1.807) is 6.08 Å². The van der Waals surface area contributed by atoms with Gasteiger partial charge in [-0.1, -0.05) is 31.9 Å². The zero-order valence-electron chi connectivity index (χ0n) is 15.5. The lowest BCUT2D eigenvalue weighted by Crippen LogP contribution is -2.28. The maximum atomic E-state index is 11.6. The van der Waals surface area contributed by atoms with Gasteiger partial charge in [-0.15, -0.1) is 0 Å². The van der Waals surface area contributed by atoms with Gasteiger partial charge in [-0.3, -0.25) is 0 Å². The smallest absolute Gasteiger partial charge is 0.331 e. The molecular weight excluding hydrogens is 288 g/mol. The number of hydrogen-bond donors (Lipinski definition) is 1. The van der Waals surface area contributed by atoms with Crippen molar-refractivity contribution in [3.05, 3.63) is 23.3 Å². The highest BCUT2D eigenvalue weighted by molar-refractivity contribution is 5.83. The topological polar surface area (TPSA) is 46.5 Å². The lowest BCUT2D eigenvalue weighted by molar-refractivity contribution is -0.137. The molecule has 2 atom stereocenters. The molecule has 0 radical (unpaired) electrons. The number of allylic oxidation sites excluding steroid dienone is 3. The van der Waals surface area contributed by atoms with Crippen LogP contribution in [0.4, 0.5) is 0 Å². The maximum Gasteiger partial charge on any atom is 0.331 e. The van der Waals surface area contributed by atoms with Gasteiger partial charge in [-0.2, -0.15) is 0 Å². The Hall–Kier alpha value is -1.09. The minimum Gasteiger partial charge on any atom is -0.463 e. The summed E-state index contributed by atoms with van der Waals surface area (Å²) in [6, 6.07) is 0. The van der Waals surface area contributed by atoms with Gasteiger partial charge in [0.1, 0.15) is 0 Å². The van der Waals surface area contributed by atoms with Gasteiger partial charge in [0.25, 0.3) is 0 Å². The average Bonchev–Trinajstić information content (AvgIpc) is 2.44. The van der Waals surface area contributed by atoms with Crippen LogP contribution in [0.3, 0.4) is 0 Å². The Morgan fingerprint density at radius 1 is 1.35 bits per heavy atom. The van der Waals surface area contributed by atoms with Crippen LogP contribution in [0.1, 0.15) is 73.1 Å². The van der Waals surface area contributed by atoms with Gasteiger partial charge in [0, 0.05) is 6.08 Å². The van der Waals surface area contributed by atoms with Crippen molar-refractivity contribution in [2.45, 2.75) is 78.7 Å². The summed E-state index contributed by atoms with van der Waals surface area (Å²) in [7, 11) is 0. The van der Waals surface area contributed by atoms with Crippen molar-refractivity contribution in [3.8, 4) is 0 Å².